The summed E-state index contributed by atoms with van der Waals surface area (Å²) in [5.74, 6) is 0.265. The number of hydrogen-bond acceptors (Lipinski definition) is 4. The van der Waals surface area contributed by atoms with Crippen LogP contribution in [0.1, 0.15) is 12.8 Å². The van der Waals surface area contributed by atoms with E-state index in [1.165, 1.54) is 0 Å². The lowest BCUT2D eigenvalue weighted by Crippen LogP contribution is -2.53. The van der Waals surface area contributed by atoms with Gasteiger partial charge in [0, 0.05) is 32.7 Å². The van der Waals surface area contributed by atoms with E-state index in [1.54, 1.807) is 0 Å². The molecule has 2 saturated heterocycles. The Morgan fingerprint density at radius 3 is 2.62 bits per heavy atom. The van der Waals surface area contributed by atoms with Crippen LogP contribution < -0.4 is 5.32 Å². The van der Waals surface area contributed by atoms with Gasteiger partial charge in [-0.05, 0) is 19.4 Å². The molecule has 2 rings (SSSR count). The number of hydrogen-bond donors (Lipinski definition) is 2. The van der Waals surface area contributed by atoms with Gasteiger partial charge in [0.15, 0.2) is 0 Å². The molecule has 92 valence electrons. The molecule has 0 aromatic rings. The van der Waals surface area contributed by atoms with Crippen molar-refractivity contribution in [3.63, 3.8) is 0 Å². The second-order valence-electron chi connectivity index (χ2n) is 4.54. The van der Waals surface area contributed by atoms with Crippen molar-refractivity contribution in [1.82, 2.24) is 15.1 Å². The SMILES string of the molecule is O=C([C@@H]1CCCN1)N1CCN(CCO)CC1. The lowest BCUT2D eigenvalue weighted by atomic mass is 10.2. The predicted molar refractivity (Wildman–Crippen MR) is 61.1 cm³/mol. The van der Waals surface area contributed by atoms with E-state index in [-0.39, 0.29) is 18.6 Å². The van der Waals surface area contributed by atoms with Gasteiger partial charge in [0.2, 0.25) is 5.91 Å². The van der Waals surface area contributed by atoms with Gasteiger partial charge in [-0.25, -0.2) is 0 Å². The molecule has 2 N–H and O–H groups in total. The predicted octanol–water partition coefficient (Wildman–Crippen LogP) is -1.13. The second-order valence-corrected chi connectivity index (χ2v) is 4.54. The fraction of sp³-hybridized carbons (Fsp3) is 0.909. The molecule has 0 saturated carbocycles. The minimum absolute atomic E-state index is 0.0596. The van der Waals surface area contributed by atoms with Crippen LogP contribution in [0, 0.1) is 0 Å². The zero-order chi connectivity index (χ0) is 11.4. The van der Waals surface area contributed by atoms with Gasteiger partial charge in [0.1, 0.15) is 0 Å². The summed E-state index contributed by atoms with van der Waals surface area (Å²) < 4.78 is 0. The topological polar surface area (TPSA) is 55.8 Å². The van der Waals surface area contributed by atoms with Crippen LogP contribution in [0.15, 0.2) is 0 Å². The Morgan fingerprint density at radius 2 is 2.06 bits per heavy atom. The molecule has 5 nitrogen and oxygen atoms in total. The van der Waals surface area contributed by atoms with Gasteiger partial charge in [-0.2, -0.15) is 0 Å². The van der Waals surface area contributed by atoms with E-state index in [2.05, 4.69) is 10.2 Å². The summed E-state index contributed by atoms with van der Waals surface area (Å²) in [5, 5.41) is 12.1. The molecule has 0 spiro atoms. The maximum Gasteiger partial charge on any atom is 0.239 e. The standard InChI is InChI=1S/C11H21N3O2/c15-9-8-13-4-6-14(7-5-13)11(16)10-2-1-3-12-10/h10,12,15H,1-9H2/t10-/m0/s1. The molecule has 5 heteroatoms. The van der Waals surface area contributed by atoms with Crippen molar-refractivity contribution in [2.24, 2.45) is 0 Å². The molecule has 1 atom stereocenters. The molecule has 0 radical (unpaired) electrons. The Balaban J connectivity index is 1.77. The van der Waals surface area contributed by atoms with Crippen LogP contribution in [0.25, 0.3) is 0 Å². The molecule has 2 heterocycles. The highest BCUT2D eigenvalue weighted by Crippen LogP contribution is 2.10. The third-order valence-corrected chi connectivity index (χ3v) is 3.46. The Bertz CT molecular complexity index is 233. The summed E-state index contributed by atoms with van der Waals surface area (Å²) in [6.45, 7) is 5.29. The van der Waals surface area contributed by atoms with Crippen molar-refractivity contribution in [2.75, 3.05) is 45.9 Å². The highest BCUT2D eigenvalue weighted by atomic mass is 16.3. The number of aliphatic hydroxyl groups is 1. The van der Waals surface area contributed by atoms with E-state index in [9.17, 15) is 4.79 Å². The van der Waals surface area contributed by atoms with Crippen LogP contribution >= 0.6 is 0 Å². The van der Waals surface area contributed by atoms with Crippen molar-refractivity contribution in [3.05, 3.63) is 0 Å². The number of nitrogens with one attached hydrogen (secondary N) is 1. The number of rotatable bonds is 3. The van der Waals surface area contributed by atoms with Crippen LogP contribution in [0.3, 0.4) is 0 Å². The average molecular weight is 227 g/mol. The first-order valence-corrected chi connectivity index (χ1v) is 6.16. The minimum atomic E-state index is 0.0596. The Hall–Kier alpha value is -0.650. The first-order chi connectivity index (χ1) is 7.81. The quantitative estimate of drug-likeness (QED) is 0.641. The number of amides is 1. The maximum absolute atomic E-state index is 12.1. The van der Waals surface area contributed by atoms with Crippen molar-refractivity contribution in [3.8, 4) is 0 Å². The molecule has 2 aliphatic heterocycles. The van der Waals surface area contributed by atoms with Gasteiger partial charge in [-0.3, -0.25) is 9.69 Å². The Kier molecular flexibility index (Phi) is 4.15. The van der Waals surface area contributed by atoms with Crippen LogP contribution in [0.5, 0.6) is 0 Å². The molecule has 0 aromatic carbocycles. The van der Waals surface area contributed by atoms with Gasteiger partial charge in [-0.1, -0.05) is 0 Å². The molecule has 0 unspecified atom stereocenters. The summed E-state index contributed by atoms with van der Waals surface area (Å²) in [6.07, 6.45) is 2.09. The van der Waals surface area contributed by atoms with E-state index in [0.29, 0.717) is 0 Å². The van der Waals surface area contributed by atoms with Gasteiger partial charge in [0.25, 0.3) is 0 Å². The monoisotopic (exact) mass is 227 g/mol. The number of β-amino-alcohol motifs (C(OH)–C–C–N with tert-alkyl or cyclic N) is 1. The lowest BCUT2D eigenvalue weighted by Gasteiger charge is -2.35. The molecule has 2 aliphatic rings. The lowest BCUT2D eigenvalue weighted by molar-refractivity contribution is -0.134. The first-order valence-electron chi connectivity index (χ1n) is 6.16. The van der Waals surface area contributed by atoms with Crippen molar-refractivity contribution >= 4 is 5.91 Å². The van der Waals surface area contributed by atoms with Crippen molar-refractivity contribution in [2.45, 2.75) is 18.9 Å². The van der Waals surface area contributed by atoms with Crippen LogP contribution in [0.2, 0.25) is 0 Å². The highest BCUT2D eigenvalue weighted by Gasteiger charge is 2.28. The summed E-state index contributed by atoms with van der Waals surface area (Å²) in [4.78, 5) is 16.2. The first kappa shape index (κ1) is 11.8. The smallest absolute Gasteiger partial charge is 0.239 e. The van der Waals surface area contributed by atoms with Gasteiger partial charge < -0.3 is 15.3 Å². The summed E-state index contributed by atoms with van der Waals surface area (Å²) in [5.41, 5.74) is 0. The molecule has 0 bridgehead atoms. The van der Waals surface area contributed by atoms with Gasteiger partial charge in [0.05, 0.1) is 12.6 Å². The molecule has 2 fully saturated rings. The number of aliphatic hydroxyl groups excluding tert-OH is 1. The van der Waals surface area contributed by atoms with Crippen molar-refractivity contribution in [1.29, 1.82) is 0 Å². The van der Waals surface area contributed by atoms with E-state index in [1.807, 2.05) is 4.90 Å². The number of piperazine rings is 1. The largest absolute Gasteiger partial charge is 0.395 e. The van der Waals surface area contributed by atoms with Crippen LogP contribution in [-0.4, -0.2) is 72.7 Å². The molecular weight excluding hydrogens is 206 g/mol. The molecule has 1 amide bonds. The Labute approximate surface area is 96.4 Å². The molecule has 0 aliphatic carbocycles. The third kappa shape index (κ3) is 2.72. The van der Waals surface area contributed by atoms with Crippen LogP contribution in [0.4, 0.5) is 0 Å². The molecule has 16 heavy (non-hydrogen) atoms. The average Bonchev–Trinajstić information content (AvgIpc) is 2.83. The summed E-state index contributed by atoms with van der Waals surface area (Å²) in [6, 6.07) is 0.0596. The molecular formula is C11H21N3O2. The number of carbonyl (C=O) groups excluding carboxylic acids is 1. The van der Waals surface area contributed by atoms with Gasteiger partial charge in [-0.15, -0.1) is 0 Å². The number of carbonyl (C=O) groups is 1. The third-order valence-electron chi connectivity index (χ3n) is 3.46. The summed E-state index contributed by atoms with van der Waals surface area (Å²) >= 11 is 0. The second kappa shape index (κ2) is 5.61. The van der Waals surface area contributed by atoms with Gasteiger partial charge >= 0.3 is 0 Å². The van der Waals surface area contributed by atoms with E-state index in [0.717, 1.165) is 52.1 Å². The fourth-order valence-corrected chi connectivity index (χ4v) is 2.45. The Morgan fingerprint density at radius 1 is 1.31 bits per heavy atom. The van der Waals surface area contributed by atoms with E-state index >= 15 is 0 Å². The maximum atomic E-state index is 12.1. The fourth-order valence-electron chi connectivity index (χ4n) is 2.45. The van der Waals surface area contributed by atoms with E-state index < -0.39 is 0 Å². The zero-order valence-electron chi connectivity index (χ0n) is 9.69. The minimum Gasteiger partial charge on any atom is -0.395 e. The summed E-state index contributed by atoms with van der Waals surface area (Å²) in [7, 11) is 0. The van der Waals surface area contributed by atoms with E-state index in [4.69, 9.17) is 5.11 Å². The normalized spacial score (nSPS) is 27.3. The number of nitrogens with zero attached hydrogens (tertiary/aromatic N) is 2. The van der Waals surface area contributed by atoms with Crippen LogP contribution in [-0.2, 0) is 4.79 Å². The zero-order valence-corrected chi connectivity index (χ0v) is 9.69. The molecule has 0 aromatic heterocycles. The highest BCUT2D eigenvalue weighted by molar-refractivity contribution is 5.82. The van der Waals surface area contributed by atoms with Crippen molar-refractivity contribution < 1.29 is 9.90 Å².